The molecule has 8 nitrogen and oxygen atoms in total. The first kappa shape index (κ1) is 24.8. The number of nitrogens with one attached hydrogen (secondary N) is 2. The maximum atomic E-state index is 12.7. The van der Waals surface area contributed by atoms with Crippen LogP contribution in [0.5, 0.6) is 0 Å². The molecule has 0 spiro atoms. The zero-order valence-electron chi connectivity index (χ0n) is 18.9. The molecular weight excluding hydrogens is 396 g/mol. The number of amides is 2. The first-order valence-electron chi connectivity index (χ1n) is 11.1. The lowest BCUT2D eigenvalue weighted by molar-refractivity contribution is -0.926. The number of carbonyl (C=O) groups excluding carboxylic acids is 2. The Morgan fingerprint density at radius 2 is 1.68 bits per heavy atom. The first-order valence-corrected chi connectivity index (χ1v) is 11.1. The van der Waals surface area contributed by atoms with E-state index in [-0.39, 0.29) is 18.8 Å². The number of piperidine rings is 1. The van der Waals surface area contributed by atoms with Crippen molar-refractivity contribution in [1.82, 2.24) is 5.32 Å². The molecule has 1 heterocycles. The molecule has 2 amide bonds. The fraction of sp³-hybridized carbons (Fsp3) is 0.609. The van der Waals surface area contributed by atoms with Crippen LogP contribution in [-0.2, 0) is 20.9 Å². The summed E-state index contributed by atoms with van der Waals surface area (Å²) < 4.78 is 1.03. The molecule has 172 valence electrons. The van der Waals surface area contributed by atoms with E-state index in [1.54, 1.807) is 0 Å². The van der Waals surface area contributed by atoms with Crippen molar-refractivity contribution >= 4 is 23.5 Å². The summed E-state index contributed by atoms with van der Waals surface area (Å²) in [5, 5.41) is 14.4. The minimum absolute atomic E-state index is 0.00829. The molecule has 0 unspecified atom stereocenters. The van der Waals surface area contributed by atoms with Crippen molar-refractivity contribution in [3.8, 4) is 0 Å². The van der Waals surface area contributed by atoms with Gasteiger partial charge < -0.3 is 26.0 Å². The maximum Gasteiger partial charge on any atom is 0.303 e. The van der Waals surface area contributed by atoms with Crippen LogP contribution in [0.25, 0.3) is 0 Å². The summed E-state index contributed by atoms with van der Waals surface area (Å²) in [5.41, 5.74) is 7.68. The number of carboxylic acid groups (broad SMARTS) is 1. The number of nitrogens with zero attached hydrogens (tertiary/aromatic N) is 1. The van der Waals surface area contributed by atoms with Gasteiger partial charge in [0.05, 0.1) is 26.2 Å². The minimum Gasteiger partial charge on any atom is -0.481 e. The Morgan fingerprint density at radius 1 is 1.06 bits per heavy atom. The van der Waals surface area contributed by atoms with Crippen LogP contribution in [-0.4, -0.2) is 59.6 Å². The molecule has 1 aliphatic heterocycles. The van der Waals surface area contributed by atoms with Crippen molar-refractivity contribution in [3.05, 3.63) is 29.8 Å². The molecule has 0 radical (unpaired) electrons. The van der Waals surface area contributed by atoms with E-state index in [2.05, 4.69) is 17.7 Å². The Hall–Kier alpha value is -2.45. The van der Waals surface area contributed by atoms with Crippen molar-refractivity contribution in [2.24, 2.45) is 11.7 Å². The van der Waals surface area contributed by atoms with Crippen LogP contribution in [0.2, 0.25) is 0 Å². The Balaban J connectivity index is 2.00. The lowest BCUT2D eigenvalue weighted by atomic mass is 10.0. The van der Waals surface area contributed by atoms with E-state index in [9.17, 15) is 14.4 Å². The van der Waals surface area contributed by atoms with E-state index in [0.29, 0.717) is 5.69 Å². The Morgan fingerprint density at radius 3 is 2.23 bits per heavy atom. The van der Waals surface area contributed by atoms with E-state index in [1.165, 1.54) is 37.9 Å². The summed E-state index contributed by atoms with van der Waals surface area (Å²) >= 11 is 0. The zero-order chi connectivity index (χ0) is 23.0. The van der Waals surface area contributed by atoms with Gasteiger partial charge in [-0.3, -0.25) is 14.4 Å². The van der Waals surface area contributed by atoms with Crippen LogP contribution < -0.4 is 16.4 Å². The third-order valence-corrected chi connectivity index (χ3v) is 5.98. The van der Waals surface area contributed by atoms with Gasteiger partial charge in [-0.1, -0.05) is 26.0 Å². The molecule has 2 rings (SSSR count). The van der Waals surface area contributed by atoms with Gasteiger partial charge in [0.2, 0.25) is 11.8 Å². The van der Waals surface area contributed by atoms with Gasteiger partial charge >= 0.3 is 5.97 Å². The van der Waals surface area contributed by atoms with Gasteiger partial charge in [-0.2, -0.15) is 0 Å². The topological polar surface area (TPSA) is 122 Å². The number of benzene rings is 1. The molecule has 1 aromatic rings. The summed E-state index contributed by atoms with van der Waals surface area (Å²) in [5.74, 6) is -2.04. The lowest BCUT2D eigenvalue weighted by Crippen LogP contribution is -2.51. The largest absolute Gasteiger partial charge is 0.481 e. The fourth-order valence-electron chi connectivity index (χ4n) is 3.90. The number of aliphatic carboxylic acids is 1. The number of anilines is 1. The van der Waals surface area contributed by atoms with Crippen LogP contribution in [0.15, 0.2) is 24.3 Å². The highest BCUT2D eigenvalue weighted by Gasteiger charge is 2.27. The molecule has 0 aromatic heterocycles. The third kappa shape index (κ3) is 7.95. The van der Waals surface area contributed by atoms with E-state index in [1.807, 2.05) is 38.1 Å². The molecule has 1 aliphatic rings. The highest BCUT2D eigenvalue weighted by Crippen LogP contribution is 2.21. The van der Waals surface area contributed by atoms with E-state index in [0.717, 1.165) is 11.0 Å². The maximum absolute atomic E-state index is 12.7. The fourth-order valence-corrected chi connectivity index (χ4v) is 3.90. The molecule has 1 aromatic carbocycles. The smallest absolute Gasteiger partial charge is 0.303 e. The van der Waals surface area contributed by atoms with Crippen molar-refractivity contribution in [1.29, 1.82) is 0 Å². The summed E-state index contributed by atoms with van der Waals surface area (Å²) in [7, 11) is 2.28. The lowest BCUT2D eigenvalue weighted by Gasteiger charge is -2.37. The Kier molecular flexibility index (Phi) is 9.00. The number of nitrogens with two attached hydrogens (primary N) is 1. The van der Waals surface area contributed by atoms with Crippen LogP contribution >= 0.6 is 0 Å². The number of hydrogen-bond acceptors (Lipinski definition) is 4. The highest BCUT2D eigenvalue weighted by atomic mass is 16.4. The number of rotatable bonds is 10. The monoisotopic (exact) mass is 433 g/mol. The Labute approximate surface area is 184 Å². The van der Waals surface area contributed by atoms with Gasteiger partial charge in [-0.25, -0.2) is 0 Å². The number of carbonyl (C=O) groups is 3. The molecular formula is C23H37N4O4+. The number of carboxylic acids is 1. The van der Waals surface area contributed by atoms with Crippen molar-refractivity contribution in [3.63, 3.8) is 0 Å². The van der Waals surface area contributed by atoms with Gasteiger partial charge in [-0.15, -0.1) is 0 Å². The minimum atomic E-state index is -1.03. The molecule has 0 saturated carbocycles. The van der Waals surface area contributed by atoms with Crippen LogP contribution in [0, 0.1) is 5.92 Å². The summed E-state index contributed by atoms with van der Waals surface area (Å²) in [6, 6.07) is 5.98. The summed E-state index contributed by atoms with van der Waals surface area (Å²) in [6.45, 7) is 6.94. The van der Waals surface area contributed by atoms with Crippen LogP contribution in [0.4, 0.5) is 5.69 Å². The van der Waals surface area contributed by atoms with E-state index >= 15 is 0 Å². The van der Waals surface area contributed by atoms with Gasteiger partial charge in [-0.05, 0) is 43.7 Å². The van der Waals surface area contributed by atoms with E-state index in [4.69, 9.17) is 10.8 Å². The zero-order valence-corrected chi connectivity index (χ0v) is 18.9. The average Bonchev–Trinajstić information content (AvgIpc) is 2.71. The van der Waals surface area contributed by atoms with Gasteiger partial charge in [0, 0.05) is 17.7 Å². The number of likely N-dealkylation sites (tertiary alicyclic amines) is 1. The molecule has 2 atom stereocenters. The molecule has 8 heteroatoms. The molecule has 5 N–H and O–H groups in total. The van der Waals surface area contributed by atoms with Gasteiger partial charge in [0.25, 0.3) is 0 Å². The standard InChI is InChI=1S/C23H36N4O4/c1-16(2)21(24)23(31)26-19(11-12-20(28)29)22(30)25-18-9-7-17(8-10-18)15-27(3)13-5-4-6-14-27/h7-10,16,19,21H,4-6,11-15,24H2,1-3H3,(H2-,25,26,28,29,30,31)/p+1/t19-,21-/m0/s1. The molecule has 0 bridgehead atoms. The van der Waals surface area contributed by atoms with Gasteiger partial charge in [0.15, 0.2) is 0 Å². The van der Waals surface area contributed by atoms with Gasteiger partial charge in [0.1, 0.15) is 12.6 Å². The molecule has 1 saturated heterocycles. The van der Waals surface area contributed by atoms with Crippen molar-refractivity contribution < 1.29 is 24.0 Å². The number of hydrogen-bond donors (Lipinski definition) is 4. The molecule has 1 fully saturated rings. The van der Waals surface area contributed by atoms with Crippen molar-refractivity contribution in [2.45, 2.75) is 64.6 Å². The second-order valence-electron chi connectivity index (χ2n) is 9.24. The molecule has 31 heavy (non-hydrogen) atoms. The van der Waals surface area contributed by atoms with Crippen LogP contribution in [0.3, 0.4) is 0 Å². The molecule has 0 aliphatic carbocycles. The van der Waals surface area contributed by atoms with Crippen LogP contribution in [0.1, 0.15) is 51.5 Å². The third-order valence-electron chi connectivity index (χ3n) is 5.98. The predicted octanol–water partition coefficient (Wildman–Crippen LogP) is 2.09. The van der Waals surface area contributed by atoms with Crippen molar-refractivity contribution in [2.75, 3.05) is 25.5 Å². The number of quaternary nitrogens is 1. The van der Waals surface area contributed by atoms with E-state index < -0.39 is 29.9 Å². The Bertz CT molecular complexity index is 757. The quantitative estimate of drug-likeness (QED) is 0.421. The average molecular weight is 434 g/mol. The SMILES string of the molecule is CC(C)[C@H](N)C(=O)N[C@@H](CCC(=O)O)C(=O)Nc1ccc(C[N+]2(C)CCCCC2)cc1. The summed E-state index contributed by atoms with van der Waals surface area (Å²) in [4.78, 5) is 36.0. The second-order valence-corrected chi connectivity index (χ2v) is 9.24. The highest BCUT2D eigenvalue weighted by molar-refractivity contribution is 5.98. The summed E-state index contributed by atoms with van der Waals surface area (Å²) in [6.07, 6.45) is 3.58. The second kappa shape index (κ2) is 11.2. The predicted molar refractivity (Wildman–Crippen MR) is 120 cm³/mol. The first-order chi connectivity index (χ1) is 14.6. The normalized spacial score (nSPS) is 17.6.